The molecule has 2 aliphatic heterocycles. The highest BCUT2D eigenvalue weighted by Gasteiger charge is 2.44. The SMILES string of the molecule is COCCN1CCC2(CCN(CC(=O)O)CC2)[C@H](CO)C1. The van der Waals surface area contributed by atoms with Crippen molar-refractivity contribution in [1.29, 1.82) is 0 Å². The molecule has 0 aliphatic carbocycles. The van der Waals surface area contributed by atoms with Crippen LogP contribution in [0.1, 0.15) is 19.3 Å². The van der Waals surface area contributed by atoms with Gasteiger partial charge in [-0.2, -0.15) is 0 Å². The maximum Gasteiger partial charge on any atom is 0.317 e. The molecule has 0 amide bonds. The van der Waals surface area contributed by atoms with Gasteiger partial charge in [-0.3, -0.25) is 9.69 Å². The fourth-order valence-corrected chi connectivity index (χ4v) is 3.86. The fraction of sp³-hybridized carbons (Fsp3) is 0.933. The Balaban J connectivity index is 1.89. The van der Waals surface area contributed by atoms with Gasteiger partial charge in [0.15, 0.2) is 0 Å². The van der Waals surface area contributed by atoms with Crippen molar-refractivity contribution in [2.45, 2.75) is 19.3 Å². The Morgan fingerprint density at radius 2 is 1.86 bits per heavy atom. The first kappa shape index (κ1) is 16.7. The molecule has 122 valence electrons. The number of methoxy groups -OCH3 is 1. The van der Waals surface area contributed by atoms with Crippen LogP contribution in [0, 0.1) is 11.3 Å². The first-order valence-electron chi connectivity index (χ1n) is 7.86. The van der Waals surface area contributed by atoms with Crippen molar-refractivity contribution in [3.8, 4) is 0 Å². The Kier molecular flexibility index (Phi) is 5.98. The molecule has 6 heteroatoms. The van der Waals surface area contributed by atoms with Crippen molar-refractivity contribution in [3.05, 3.63) is 0 Å². The predicted molar refractivity (Wildman–Crippen MR) is 79.3 cm³/mol. The number of nitrogens with zero attached hydrogens (tertiary/aromatic N) is 2. The summed E-state index contributed by atoms with van der Waals surface area (Å²) in [4.78, 5) is 15.2. The Morgan fingerprint density at radius 1 is 1.24 bits per heavy atom. The van der Waals surface area contributed by atoms with Crippen LogP contribution in [0.2, 0.25) is 0 Å². The van der Waals surface area contributed by atoms with E-state index in [0.717, 1.165) is 58.6 Å². The zero-order valence-electron chi connectivity index (χ0n) is 13.0. The molecule has 0 saturated carbocycles. The van der Waals surface area contributed by atoms with Crippen LogP contribution in [0.4, 0.5) is 0 Å². The third-order valence-electron chi connectivity index (χ3n) is 5.31. The molecule has 1 atom stereocenters. The standard InChI is InChI=1S/C15H28N2O4/c1-21-9-8-17-7-4-15(13(10-17)12-18)2-5-16(6-3-15)11-14(19)20/h13,18H,2-12H2,1H3,(H,19,20)/t13-/m0/s1. The number of aliphatic hydroxyl groups is 1. The number of carbonyl (C=O) groups is 1. The lowest BCUT2D eigenvalue weighted by molar-refractivity contribution is -0.139. The van der Waals surface area contributed by atoms with Crippen LogP contribution >= 0.6 is 0 Å². The van der Waals surface area contributed by atoms with Crippen molar-refractivity contribution < 1.29 is 19.7 Å². The number of hydrogen-bond acceptors (Lipinski definition) is 5. The average molecular weight is 300 g/mol. The smallest absolute Gasteiger partial charge is 0.317 e. The zero-order valence-corrected chi connectivity index (χ0v) is 13.0. The molecule has 0 bridgehead atoms. The minimum absolute atomic E-state index is 0.139. The lowest BCUT2D eigenvalue weighted by Crippen LogP contribution is -2.54. The third kappa shape index (κ3) is 4.16. The summed E-state index contributed by atoms with van der Waals surface area (Å²) in [6.45, 7) is 5.67. The minimum atomic E-state index is -0.751. The normalized spacial score (nSPS) is 27.0. The van der Waals surface area contributed by atoms with Crippen LogP contribution in [-0.2, 0) is 9.53 Å². The molecule has 2 heterocycles. The fourth-order valence-electron chi connectivity index (χ4n) is 3.86. The van der Waals surface area contributed by atoms with E-state index in [2.05, 4.69) is 4.90 Å². The maximum absolute atomic E-state index is 10.8. The summed E-state index contributed by atoms with van der Waals surface area (Å²) in [6.07, 6.45) is 3.11. The van der Waals surface area contributed by atoms with Crippen molar-refractivity contribution in [2.24, 2.45) is 11.3 Å². The maximum atomic E-state index is 10.8. The lowest BCUT2D eigenvalue weighted by atomic mass is 9.64. The van der Waals surface area contributed by atoms with Crippen molar-refractivity contribution in [2.75, 3.05) is 59.6 Å². The Hall–Kier alpha value is -0.690. The number of likely N-dealkylation sites (tertiary alicyclic amines) is 2. The molecule has 2 fully saturated rings. The summed E-state index contributed by atoms with van der Waals surface area (Å²) in [5, 5.41) is 18.7. The number of ether oxygens (including phenoxy) is 1. The molecule has 2 aliphatic rings. The third-order valence-corrected chi connectivity index (χ3v) is 5.31. The first-order valence-corrected chi connectivity index (χ1v) is 7.86. The molecule has 1 spiro atoms. The number of aliphatic carboxylic acids is 1. The van der Waals surface area contributed by atoms with Gasteiger partial charge in [0.25, 0.3) is 0 Å². The van der Waals surface area contributed by atoms with Gasteiger partial charge in [-0.15, -0.1) is 0 Å². The van der Waals surface area contributed by atoms with Crippen LogP contribution in [0.25, 0.3) is 0 Å². The van der Waals surface area contributed by atoms with Crippen LogP contribution < -0.4 is 0 Å². The van der Waals surface area contributed by atoms with E-state index < -0.39 is 5.97 Å². The second-order valence-electron chi connectivity index (χ2n) is 6.46. The predicted octanol–water partition coefficient (Wildman–Crippen LogP) is 0.114. The monoisotopic (exact) mass is 300 g/mol. The van der Waals surface area contributed by atoms with E-state index in [1.165, 1.54) is 0 Å². The van der Waals surface area contributed by atoms with Crippen LogP contribution in [0.3, 0.4) is 0 Å². The number of carboxylic acids is 1. The number of carboxylic acid groups (broad SMARTS) is 1. The van der Waals surface area contributed by atoms with Crippen molar-refractivity contribution in [1.82, 2.24) is 9.80 Å². The van der Waals surface area contributed by atoms with Gasteiger partial charge in [0.05, 0.1) is 13.2 Å². The molecule has 0 unspecified atom stereocenters. The molecule has 2 N–H and O–H groups in total. The molecular formula is C15H28N2O4. The number of aliphatic hydroxyl groups excluding tert-OH is 1. The largest absolute Gasteiger partial charge is 0.480 e. The summed E-state index contributed by atoms with van der Waals surface area (Å²) in [6, 6.07) is 0. The second-order valence-corrected chi connectivity index (χ2v) is 6.46. The Labute approximate surface area is 126 Å². The highest BCUT2D eigenvalue weighted by molar-refractivity contribution is 5.69. The van der Waals surface area contributed by atoms with Crippen LogP contribution in [0.15, 0.2) is 0 Å². The second kappa shape index (κ2) is 7.54. The molecular weight excluding hydrogens is 272 g/mol. The molecule has 2 rings (SSSR count). The Bertz CT molecular complexity index is 343. The van der Waals surface area contributed by atoms with E-state index in [1.807, 2.05) is 4.90 Å². The van der Waals surface area contributed by atoms with E-state index in [1.54, 1.807) is 7.11 Å². The average Bonchev–Trinajstić information content (AvgIpc) is 2.48. The van der Waals surface area contributed by atoms with Crippen LogP contribution in [-0.4, -0.2) is 85.6 Å². The van der Waals surface area contributed by atoms with E-state index in [9.17, 15) is 9.90 Å². The van der Waals surface area contributed by atoms with Crippen molar-refractivity contribution in [3.63, 3.8) is 0 Å². The topological polar surface area (TPSA) is 73.2 Å². The van der Waals surface area contributed by atoms with Gasteiger partial charge in [-0.1, -0.05) is 0 Å². The summed E-state index contributed by atoms with van der Waals surface area (Å²) in [5.74, 6) is -0.450. The summed E-state index contributed by atoms with van der Waals surface area (Å²) in [7, 11) is 1.72. The molecule has 21 heavy (non-hydrogen) atoms. The van der Waals surface area contributed by atoms with Gasteiger partial charge < -0.3 is 19.8 Å². The summed E-state index contributed by atoms with van der Waals surface area (Å²) < 4.78 is 5.14. The molecule has 0 aromatic heterocycles. The molecule has 0 radical (unpaired) electrons. The van der Waals surface area contributed by atoms with Crippen LogP contribution in [0.5, 0.6) is 0 Å². The van der Waals surface area contributed by atoms with Gasteiger partial charge in [0, 0.05) is 32.7 Å². The summed E-state index contributed by atoms with van der Waals surface area (Å²) in [5.41, 5.74) is 0.202. The van der Waals surface area contributed by atoms with Gasteiger partial charge in [-0.05, 0) is 44.3 Å². The van der Waals surface area contributed by atoms with Gasteiger partial charge in [0.2, 0.25) is 0 Å². The van der Waals surface area contributed by atoms with Gasteiger partial charge >= 0.3 is 5.97 Å². The molecule has 0 aromatic rings. The van der Waals surface area contributed by atoms with E-state index in [0.29, 0.717) is 5.92 Å². The first-order chi connectivity index (χ1) is 10.1. The minimum Gasteiger partial charge on any atom is -0.480 e. The van der Waals surface area contributed by atoms with E-state index >= 15 is 0 Å². The number of hydrogen-bond donors (Lipinski definition) is 2. The van der Waals surface area contributed by atoms with Gasteiger partial charge in [-0.25, -0.2) is 0 Å². The Morgan fingerprint density at radius 3 is 2.38 bits per heavy atom. The van der Waals surface area contributed by atoms with Crippen molar-refractivity contribution >= 4 is 5.97 Å². The lowest BCUT2D eigenvalue weighted by Gasteiger charge is -2.51. The van der Waals surface area contributed by atoms with E-state index in [4.69, 9.17) is 9.84 Å². The molecule has 6 nitrogen and oxygen atoms in total. The molecule has 2 saturated heterocycles. The highest BCUT2D eigenvalue weighted by Crippen LogP contribution is 2.44. The zero-order chi connectivity index (χ0) is 15.3. The number of rotatable bonds is 6. The quantitative estimate of drug-likeness (QED) is 0.725. The summed E-state index contributed by atoms with van der Waals surface area (Å²) >= 11 is 0. The highest BCUT2D eigenvalue weighted by atomic mass is 16.5. The number of piperidine rings is 2. The van der Waals surface area contributed by atoms with E-state index in [-0.39, 0.29) is 18.6 Å². The van der Waals surface area contributed by atoms with Gasteiger partial charge in [0.1, 0.15) is 0 Å². The molecule has 0 aromatic carbocycles.